The van der Waals surface area contributed by atoms with Crippen LogP contribution in [0.4, 0.5) is 0 Å². The van der Waals surface area contributed by atoms with E-state index in [1.165, 1.54) is 0 Å². The molecule has 0 heterocycles. The Hall–Kier alpha value is -3.15. The minimum atomic E-state index is -1.16. The largest absolute Gasteiger partial charge is 0.481 e. The molecule has 0 aliphatic rings. The number of aliphatic carboxylic acids is 2. The zero-order chi connectivity index (χ0) is 18.2. The topological polar surface area (TPSA) is 104 Å². The molecule has 1 atom stereocenters. The molecular formula is C19H19NO5. The second-order valence-corrected chi connectivity index (χ2v) is 5.62. The molecule has 0 unspecified atom stereocenters. The van der Waals surface area contributed by atoms with E-state index in [0.29, 0.717) is 0 Å². The van der Waals surface area contributed by atoms with Gasteiger partial charge in [-0.05, 0) is 16.7 Å². The number of hydrogen-bond donors (Lipinski definition) is 3. The summed E-state index contributed by atoms with van der Waals surface area (Å²) in [5, 5.41) is 20.2. The van der Waals surface area contributed by atoms with Crippen LogP contribution in [0, 0.1) is 0 Å². The summed E-state index contributed by atoms with van der Waals surface area (Å²) < 4.78 is 0. The molecule has 2 aromatic rings. The van der Waals surface area contributed by atoms with Gasteiger partial charge in [-0.15, -0.1) is 0 Å². The van der Waals surface area contributed by atoms with Gasteiger partial charge in [0.2, 0.25) is 5.91 Å². The van der Waals surface area contributed by atoms with Crippen LogP contribution in [-0.2, 0) is 20.8 Å². The molecule has 1 amide bonds. The van der Waals surface area contributed by atoms with Crippen LogP contribution in [0.3, 0.4) is 0 Å². The Labute approximate surface area is 145 Å². The van der Waals surface area contributed by atoms with Crippen molar-refractivity contribution in [2.45, 2.75) is 25.3 Å². The fourth-order valence-corrected chi connectivity index (χ4v) is 2.39. The Morgan fingerprint density at radius 2 is 1.44 bits per heavy atom. The van der Waals surface area contributed by atoms with Crippen LogP contribution in [0.2, 0.25) is 0 Å². The lowest BCUT2D eigenvalue weighted by molar-refractivity contribution is -0.142. The van der Waals surface area contributed by atoms with Crippen molar-refractivity contribution in [3.63, 3.8) is 0 Å². The molecule has 0 aromatic heterocycles. The fourth-order valence-electron chi connectivity index (χ4n) is 2.39. The van der Waals surface area contributed by atoms with Gasteiger partial charge < -0.3 is 15.5 Å². The Morgan fingerprint density at radius 1 is 0.840 bits per heavy atom. The Balaban J connectivity index is 2.01. The van der Waals surface area contributed by atoms with Gasteiger partial charge in [0.25, 0.3) is 0 Å². The quantitative estimate of drug-likeness (QED) is 0.684. The molecule has 0 aliphatic carbocycles. The zero-order valence-corrected chi connectivity index (χ0v) is 13.5. The number of amides is 1. The highest BCUT2D eigenvalue weighted by Gasteiger charge is 2.20. The van der Waals surface area contributed by atoms with E-state index in [1.54, 1.807) is 0 Å². The molecule has 0 radical (unpaired) electrons. The van der Waals surface area contributed by atoms with Crippen molar-refractivity contribution in [2.75, 3.05) is 0 Å². The van der Waals surface area contributed by atoms with Crippen LogP contribution in [0.15, 0.2) is 54.6 Å². The van der Waals surface area contributed by atoms with Gasteiger partial charge >= 0.3 is 11.9 Å². The van der Waals surface area contributed by atoms with E-state index in [-0.39, 0.29) is 19.3 Å². The van der Waals surface area contributed by atoms with Crippen LogP contribution in [0.1, 0.15) is 18.4 Å². The molecule has 6 heteroatoms. The SMILES string of the molecule is O=C(O)CCC(=O)N[C@H](Cc1ccc(-c2ccccc2)cc1)C(=O)O. The Kier molecular flexibility index (Phi) is 6.28. The van der Waals surface area contributed by atoms with E-state index in [0.717, 1.165) is 16.7 Å². The summed E-state index contributed by atoms with van der Waals surface area (Å²) >= 11 is 0. The van der Waals surface area contributed by atoms with Crippen LogP contribution in [0.5, 0.6) is 0 Å². The van der Waals surface area contributed by atoms with E-state index in [9.17, 15) is 19.5 Å². The minimum Gasteiger partial charge on any atom is -0.481 e. The molecule has 2 rings (SSSR count). The van der Waals surface area contributed by atoms with Gasteiger partial charge in [0.05, 0.1) is 6.42 Å². The molecule has 0 saturated carbocycles. The average Bonchev–Trinajstić information content (AvgIpc) is 2.60. The number of rotatable bonds is 8. The second kappa shape index (κ2) is 8.63. The fraction of sp³-hybridized carbons (Fsp3) is 0.211. The first-order valence-corrected chi connectivity index (χ1v) is 7.84. The lowest BCUT2D eigenvalue weighted by Gasteiger charge is -2.14. The highest BCUT2D eigenvalue weighted by atomic mass is 16.4. The maximum absolute atomic E-state index is 11.7. The lowest BCUT2D eigenvalue weighted by Crippen LogP contribution is -2.42. The number of benzene rings is 2. The predicted molar refractivity (Wildman–Crippen MR) is 92.0 cm³/mol. The summed E-state index contributed by atoms with van der Waals surface area (Å²) in [4.78, 5) is 33.5. The van der Waals surface area contributed by atoms with Gasteiger partial charge in [-0.3, -0.25) is 9.59 Å². The van der Waals surface area contributed by atoms with Crippen molar-refractivity contribution < 1.29 is 24.6 Å². The van der Waals surface area contributed by atoms with Gasteiger partial charge in [0.15, 0.2) is 0 Å². The molecule has 25 heavy (non-hydrogen) atoms. The van der Waals surface area contributed by atoms with Gasteiger partial charge in [-0.2, -0.15) is 0 Å². The standard InChI is InChI=1S/C19H19NO5/c21-17(10-11-18(22)23)20-16(19(24)25)12-13-6-8-15(9-7-13)14-4-2-1-3-5-14/h1-9,16H,10-12H2,(H,20,21)(H,22,23)(H,24,25)/t16-/m1/s1. The van der Waals surface area contributed by atoms with E-state index in [1.807, 2.05) is 54.6 Å². The van der Waals surface area contributed by atoms with Crippen LogP contribution in [0.25, 0.3) is 11.1 Å². The van der Waals surface area contributed by atoms with Crippen LogP contribution < -0.4 is 5.32 Å². The summed E-state index contributed by atoms with van der Waals surface area (Å²) in [5.74, 6) is -2.84. The van der Waals surface area contributed by atoms with Crippen LogP contribution in [-0.4, -0.2) is 34.1 Å². The van der Waals surface area contributed by atoms with Gasteiger partial charge in [0.1, 0.15) is 6.04 Å². The van der Waals surface area contributed by atoms with Gasteiger partial charge in [-0.25, -0.2) is 4.79 Å². The lowest BCUT2D eigenvalue weighted by atomic mass is 10.0. The van der Waals surface area contributed by atoms with Crippen molar-refractivity contribution in [1.82, 2.24) is 5.32 Å². The average molecular weight is 341 g/mol. The first kappa shape index (κ1) is 18.2. The summed E-state index contributed by atoms with van der Waals surface area (Å²) in [7, 11) is 0. The number of carbonyl (C=O) groups excluding carboxylic acids is 1. The molecule has 6 nitrogen and oxygen atoms in total. The van der Waals surface area contributed by atoms with E-state index < -0.39 is 23.9 Å². The minimum absolute atomic E-state index is 0.128. The van der Waals surface area contributed by atoms with E-state index in [4.69, 9.17) is 5.11 Å². The number of carbonyl (C=O) groups is 3. The molecule has 0 aliphatic heterocycles. The smallest absolute Gasteiger partial charge is 0.326 e. The van der Waals surface area contributed by atoms with Crippen molar-refractivity contribution >= 4 is 17.8 Å². The van der Waals surface area contributed by atoms with Crippen molar-refractivity contribution in [2.24, 2.45) is 0 Å². The first-order chi connectivity index (χ1) is 12.0. The monoisotopic (exact) mass is 341 g/mol. The maximum Gasteiger partial charge on any atom is 0.326 e. The first-order valence-electron chi connectivity index (χ1n) is 7.84. The van der Waals surface area contributed by atoms with Gasteiger partial charge in [-0.1, -0.05) is 54.6 Å². The molecule has 0 saturated heterocycles. The Bertz CT molecular complexity index is 740. The third-order valence-electron chi connectivity index (χ3n) is 3.70. The maximum atomic E-state index is 11.7. The van der Waals surface area contributed by atoms with Crippen molar-refractivity contribution in [1.29, 1.82) is 0 Å². The second-order valence-electron chi connectivity index (χ2n) is 5.62. The highest BCUT2D eigenvalue weighted by Crippen LogP contribution is 2.19. The summed E-state index contributed by atoms with van der Waals surface area (Å²) in [5.41, 5.74) is 2.85. The third kappa shape index (κ3) is 5.76. The summed E-state index contributed by atoms with van der Waals surface area (Å²) in [6.07, 6.45) is -0.445. The zero-order valence-electron chi connectivity index (χ0n) is 13.5. The van der Waals surface area contributed by atoms with E-state index >= 15 is 0 Å². The molecule has 3 N–H and O–H groups in total. The molecule has 0 spiro atoms. The molecule has 2 aromatic carbocycles. The highest BCUT2D eigenvalue weighted by molar-refractivity contribution is 5.85. The number of carboxylic acids is 2. The molecule has 0 bridgehead atoms. The van der Waals surface area contributed by atoms with Crippen molar-refractivity contribution in [3.8, 4) is 11.1 Å². The van der Waals surface area contributed by atoms with Crippen molar-refractivity contribution in [3.05, 3.63) is 60.2 Å². The number of hydrogen-bond acceptors (Lipinski definition) is 3. The normalized spacial score (nSPS) is 11.5. The van der Waals surface area contributed by atoms with E-state index in [2.05, 4.69) is 5.32 Å². The summed E-state index contributed by atoms with van der Waals surface area (Å²) in [6.45, 7) is 0. The summed E-state index contributed by atoms with van der Waals surface area (Å²) in [6, 6.07) is 16.1. The molecular weight excluding hydrogens is 322 g/mol. The van der Waals surface area contributed by atoms with Crippen LogP contribution >= 0.6 is 0 Å². The molecule has 0 fully saturated rings. The predicted octanol–water partition coefficient (Wildman–Crippen LogP) is 2.33. The number of nitrogens with one attached hydrogen (secondary N) is 1. The Morgan fingerprint density at radius 3 is 2.00 bits per heavy atom. The van der Waals surface area contributed by atoms with Gasteiger partial charge in [0, 0.05) is 12.8 Å². The molecule has 130 valence electrons. The third-order valence-corrected chi connectivity index (χ3v) is 3.70. The number of carboxylic acid groups (broad SMARTS) is 2.